The number of ether oxygens (including phenoxy) is 1. The van der Waals surface area contributed by atoms with Crippen LogP contribution in [0.2, 0.25) is 0 Å². The maximum atomic E-state index is 12.1. The molecule has 0 aromatic heterocycles. The molecule has 1 amide bonds. The van der Waals surface area contributed by atoms with Gasteiger partial charge in [-0.25, -0.2) is 0 Å². The number of hydrogen-bond donors (Lipinski definition) is 1. The lowest BCUT2D eigenvalue weighted by molar-refractivity contribution is -0.140. The maximum absolute atomic E-state index is 12.1. The van der Waals surface area contributed by atoms with Crippen molar-refractivity contribution in [2.75, 3.05) is 19.7 Å². The number of nitrogens with zero attached hydrogens (tertiary/aromatic N) is 1. The summed E-state index contributed by atoms with van der Waals surface area (Å²) in [5, 5.41) is 0. The Balaban J connectivity index is 0.00000220. The molecule has 1 atom stereocenters. The molecule has 0 bridgehead atoms. The molecule has 1 saturated heterocycles. The zero-order chi connectivity index (χ0) is 14.6. The van der Waals surface area contributed by atoms with E-state index in [0.717, 1.165) is 18.5 Å². The molecule has 1 aromatic carbocycles. The summed E-state index contributed by atoms with van der Waals surface area (Å²) in [6.45, 7) is 6.28. The number of nitrogens with two attached hydrogens (primary N) is 1. The smallest absolute Gasteiger partial charge is 0.248 e. The van der Waals surface area contributed by atoms with Crippen LogP contribution in [0.25, 0.3) is 0 Å². The van der Waals surface area contributed by atoms with E-state index in [1.54, 1.807) is 0 Å². The van der Waals surface area contributed by atoms with Gasteiger partial charge in [0.2, 0.25) is 5.91 Å². The van der Waals surface area contributed by atoms with Gasteiger partial charge in [0.1, 0.15) is 6.61 Å². The molecule has 1 aliphatic rings. The fraction of sp³-hybridized carbons (Fsp3) is 0.562. The summed E-state index contributed by atoms with van der Waals surface area (Å²) in [5.74, 6) is 0.0564. The molecule has 0 radical (unpaired) electrons. The fourth-order valence-electron chi connectivity index (χ4n) is 2.51. The van der Waals surface area contributed by atoms with Crippen LogP contribution in [0.4, 0.5) is 0 Å². The first-order chi connectivity index (χ1) is 9.49. The summed E-state index contributed by atoms with van der Waals surface area (Å²) in [4.78, 5) is 14.0. The molecule has 5 heteroatoms. The Morgan fingerprint density at radius 2 is 2.05 bits per heavy atom. The van der Waals surface area contributed by atoms with Crippen molar-refractivity contribution >= 4 is 18.3 Å². The van der Waals surface area contributed by atoms with Gasteiger partial charge in [0, 0.05) is 19.1 Å². The molecule has 1 heterocycles. The lowest BCUT2D eigenvalue weighted by atomic mass is 9.80. The first-order valence-corrected chi connectivity index (χ1v) is 7.14. The van der Waals surface area contributed by atoms with Crippen LogP contribution >= 0.6 is 12.4 Å². The molecule has 118 valence electrons. The highest BCUT2D eigenvalue weighted by Gasteiger charge is 2.35. The van der Waals surface area contributed by atoms with Gasteiger partial charge in [-0.2, -0.15) is 0 Å². The normalized spacial score (nSPS) is 20.7. The average molecular weight is 313 g/mol. The lowest BCUT2D eigenvalue weighted by Crippen LogP contribution is -2.54. The number of hydrogen-bond acceptors (Lipinski definition) is 3. The van der Waals surface area contributed by atoms with E-state index in [1.807, 2.05) is 35.2 Å². The summed E-state index contributed by atoms with van der Waals surface area (Å²) >= 11 is 0. The van der Waals surface area contributed by atoms with E-state index in [0.29, 0.717) is 13.2 Å². The number of carbonyl (C=O) groups is 1. The van der Waals surface area contributed by atoms with Crippen LogP contribution in [0.15, 0.2) is 30.3 Å². The molecule has 4 nitrogen and oxygen atoms in total. The van der Waals surface area contributed by atoms with E-state index >= 15 is 0 Å². The molecular weight excluding hydrogens is 288 g/mol. The Bertz CT molecular complexity index is 451. The topological polar surface area (TPSA) is 55.6 Å². The van der Waals surface area contributed by atoms with Crippen molar-refractivity contribution in [2.45, 2.75) is 32.9 Å². The third kappa shape index (κ3) is 4.99. The number of carbonyl (C=O) groups excluding carboxylic acids is 1. The molecule has 0 aliphatic carbocycles. The standard InChI is InChI=1S/C16H24N2O2.ClH/c1-16(2)12-18(9-8-14(16)17)15(19)11-20-10-13-6-4-3-5-7-13;/h3-7,14H,8-12,17H2,1-2H3;1H. The Morgan fingerprint density at radius 3 is 2.67 bits per heavy atom. The van der Waals surface area contributed by atoms with E-state index in [-0.39, 0.29) is 36.4 Å². The molecule has 1 unspecified atom stereocenters. The monoisotopic (exact) mass is 312 g/mol. The first-order valence-electron chi connectivity index (χ1n) is 7.14. The summed E-state index contributed by atoms with van der Waals surface area (Å²) in [7, 11) is 0. The van der Waals surface area contributed by atoms with Crippen molar-refractivity contribution in [1.29, 1.82) is 0 Å². The van der Waals surface area contributed by atoms with E-state index < -0.39 is 0 Å². The van der Waals surface area contributed by atoms with Crippen LogP contribution < -0.4 is 5.73 Å². The van der Waals surface area contributed by atoms with Gasteiger partial charge in [-0.15, -0.1) is 12.4 Å². The van der Waals surface area contributed by atoms with Crippen LogP contribution in [0, 0.1) is 5.41 Å². The van der Waals surface area contributed by atoms with Crippen molar-refractivity contribution in [3.8, 4) is 0 Å². The van der Waals surface area contributed by atoms with Gasteiger partial charge in [-0.3, -0.25) is 4.79 Å². The number of rotatable bonds is 4. The van der Waals surface area contributed by atoms with E-state index in [9.17, 15) is 4.79 Å². The van der Waals surface area contributed by atoms with Crippen LogP contribution in [0.5, 0.6) is 0 Å². The highest BCUT2D eigenvalue weighted by Crippen LogP contribution is 2.27. The fourth-order valence-corrected chi connectivity index (χ4v) is 2.51. The zero-order valence-electron chi connectivity index (χ0n) is 12.7. The molecule has 1 fully saturated rings. The molecule has 1 aromatic rings. The molecule has 0 spiro atoms. The second-order valence-corrected chi connectivity index (χ2v) is 6.18. The summed E-state index contributed by atoms with van der Waals surface area (Å²) < 4.78 is 5.51. The molecule has 1 aliphatic heterocycles. The second-order valence-electron chi connectivity index (χ2n) is 6.18. The third-order valence-electron chi connectivity index (χ3n) is 4.00. The van der Waals surface area contributed by atoms with Crippen LogP contribution in [0.3, 0.4) is 0 Å². The van der Waals surface area contributed by atoms with Gasteiger partial charge in [0.25, 0.3) is 0 Å². The first kappa shape index (κ1) is 18.0. The molecule has 0 saturated carbocycles. The molecule has 21 heavy (non-hydrogen) atoms. The predicted molar refractivity (Wildman–Crippen MR) is 86.3 cm³/mol. The van der Waals surface area contributed by atoms with Gasteiger partial charge in [-0.1, -0.05) is 44.2 Å². The second kappa shape index (κ2) is 7.78. The predicted octanol–water partition coefficient (Wildman–Crippen LogP) is 2.21. The minimum Gasteiger partial charge on any atom is -0.367 e. The SMILES string of the molecule is CC1(C)CN(C(=O)COCc2ccccc2)CCC1N.Cl. The maximum Gasteiger partial charge on any atom is 0.248 e. The third-order valence-corrected chi connectivity index (χ3v) is 4.00. The van der Waals surface area contributed by atoms with Crippen LogP contribution in [0.1, 0.15) is 25.8 Å². The molecule has 2 rings (SSSR count). The Labute approximate surface area is 133 Å². The van der Waals surface area contributed by atoms with Crippen molar-refractivity contribution in [3.05, 3.63) is 35.9 Å². The number of amides is 1. The van der Waals surface area contributed by atoms with E-state index in [2.05, 4.69) is 13.8 Å². The van der Waals surface area contributed by atoms with Crippen LogP contribution in [-0.4, -0.2) is 36.5 Å². The number of benzene rings is 1. The van der Waals surface area contributed by atoms with Gasteiger partial charge < -0.3 is 15.4 Å². The minimum absolute atomic E-state index is 0. The minimum atomic E-state index is -0.0205. The number of likely N-dealkylation sites (tertiary alicyclic amines) is 1. The lowest BCUT2D eigenvalue weighted by Gasteiger charge is -2.42. The van der Waals surface area contributed by atoms with E-state index in [1.165, 1.54) is 0 Å². The van der Waals surface area contributed by atoms with Crippen molar-refractivity contribution in [3.63, 3.8) is 0 Å². The van der Waals surface area contributed by atoms with Gasteiger partial charge in [-0.05, 0) is 17.4 Å². The molecular formula is C16H25ClN2O2. The van der Waals surface area contributed by atoms with Gasteiger partial charge in [0.05, 0.1) is 6.61 Å². The average Bonchev–Trinajstić information content (AvgIpc) is 2.43. The van der Waals surface area contributed by atoms with Gasteiger partial charge >= 0.3 is 0 Å². The Kier molecular flexibility index (Phi) is 6.65. The number of piperidine rings is 1. The Morgan fingerprint density at radius 1 is 1.38 bits per heavy atom. The van der Waals surface area contributed by atoms with Gasteiger partial charge in [0.15, 0.2) is 0 Å². The molecule has 2 N–H and O–H groups in total. The van der Waals surface area contributed by atoms with E-state index in [4.69, 9.17) is 10.5 Å². The Hall–Kier alpha value is -1.10. The highest BCUT2D eigenvalue weighted by atomic mass is 35.5. The van der Waals surface area contributed by atoms with Crippen molar-refractivity contribution in [2.24, 2.45) is 11.1 Å². The largest absolute Gasteiger partial charge is 0.367 e. The van der Waals surface area contributed by atoms with Crippen molar-refractivity contribution in [1.82, 2.24) is 4.90 Å². The highest BCUT2D eigenvalue weighted by molar-refractivity contribution is 5.85. The summed E-state index contributed by atoms with van der Waals surface area (Å²) in [6.07, 6.45) is 0.859. The quantitative estimate of drug-likeness (QED) is 0.927. The van der Waals surface area contributed by atoms with Crippen molar-refractivity contribution < 1.29 is 9.53 Å². The summed E-state index contributed by atoms with van der Waals surface area (Å²) in [6, 6.07) is 10.1. The zero-order valence-corrected chi connectivity index (χ0v) is 13.6. The summed E-state index contributed by atoms with van der Waals surface area (Å²) in [5.41, 5.74) is 7.15. The van der Waals surface area contributed by atoms with Crippen LogP contribution in [-0.2, 0) is 16.1 Å². The number of halogens is 1.